The zero-order valence-corrected chi connectivity index (χ0v) is 9.87. The predicted molar refractivity (Wildman–Crippen MR) is 56.8 cm³/mol. The SMILES string of the molecule is N#CC1(C(=O)Nc2c(F)c(F)c(F)c(F)c2F)CCC1. The minimum absolute atomic E-state index is 0.171. The summed E-state index contributed by atoms with van der Waals surface area (Å²) in [5, 5.41) is 10.5. The summed E-state index contributed by atoms with van der Waals surface area (Å²) in [4.78, 5) is 11.8. The number of hydrogen-bond donors (Lipinski definition) is 1. The number of hydrogen-bond acceptors (Lipinski definition) is 2. The van der Waals surface area contributed by atoms with E-state index in [0.717, 1.165) is 0 Å². The van der Waals surface area contributed by atoms with E-state index >= 15 is 0 Å². The van der Waals surface area contributed by atoms with Crippen LogP contribution in [-0.4, -0.2) is 5.91 Å². The van der Waals surface area contributed by atoms with Gasteiger partial charge in [-0.05, 0) is 19.3 Å². The fraction of sp³-hybridized carbons (Fsp3) is 0.333. The first-order chi connectivity index (χ1) is 9.34. The fourth-order valence-electron chi connectivity index (χ4n) is 1.87. The van der Waals surface area contributed by atoms with Crippen LogP contribution in [-0.2, 0) is 4.79 Å². The Morgan fingerprint density at radius 3 is 1.80 bits per heavy atom. The normalized spacial score (nSPS) is 16.2. The van der Waals surface area contributed by atoms with Crippen LogP contribution in [0.1, 0.15) is 19.3 Å². The van der Waals surface area contributed by atoms with Crippen LogP contribution in [0.5, 0.6) is 0 Å². The third-order valence-corrected chi connectivity index (χ3v) is 3.30. The molecule has 8 heteroatoms. The molecular formula is C12H7F5N2O. The Hall–Kier alpha value is -2.17. The van der Waals surface area contributed by atoms with Gasteiger partial charge in [0.25, 0.3) is 0 Å². The molecule has 0 radical (unpaired) electrons. The minimum Gasteiger partial charge on any atom is -0.320 e. The summed E-state index contributed by atoms with van der Waals surface area (Å²) in [5.41, 5.74) is -2.91. The summed E-state index contributed by atoms with van der Waals surface area (Å²) in [5.74, 6) is -12.0. The zero-order valence-electron chi connectivity index (χ0n) is 9.87. The molecule has 0 unspecified atom stereocenters. The third-order valence-electron chi connectivity index (χ3n) is 3.30. The maximum absolute atomic E-state index is 13.4. The average Bonchev–Trinajstić information content (AvgIpc) is 2.38. The van der Waals surface area contributed by atoms with E-state index in [1.165, 1.54) is 0 Å². The molecule has 20 heavy (non-hydrogen) atoms. The largest absolute Gasteiger partial charge is 0.320 e. The highest BCUT2D eigenvalue weighted by Crippen LogP contribution is 2.41. The lowest BCUT2D eigenvalue weighted by molar-refractivity contribution is -0.126. The van der Waals surface area contributed by atoms with Gasteiger partial charge in [-0.15, -0.1) is 0 Å². The molecule has 106 valence electrons. The van der Waals surface area contributed by atoms with Gasteiger partial charge >= 0.3 is 0 Å². The van der Waals surface area contributed by atoms with Crippen molar-refractivity contribution < 1.29 is 26.7 Å². The first-order valence-corrected chi connectivity index (χ1v) is 5.58. The number of benzene rings is 1. The van der Waals surface area contributed by atoms with Crippen molar-refractivity contribution in [2.75, 3.05) is 5.32 Å². The Kier molecular flexibility index (Phi) is 3.38. The molecule has 1 aromatic carbocycles. The van der Waals surface area contributed by atoms with Gasteiger partial charge in [0.15, 0.2) is 23.3 Å². The quantitative estimate of drug-likeness (QED) is 0.517. The maximum Gasteiger partial charge on any atom is 0.245 e. The fourth-order valence-corrected chi connectivity index (χ4v) is 1.87. The molecule has 1 N–H and O–H groups in total. The van der Waals surface area contributed by atoms with Gasteiger partial charge < -0.3 is 5.32 Å². The van der Waals surface area contributed by atoms with Crippen molar-refractivity contribution >= 4 is 11.6 Å². The molecule has 1 aliphatic carbocycles. The lowest BCUT2D eigenvalue weighted by Crippen LogP contribution is -2.41. The van der Waals surface area contributed by atoms with Crippen LogP contribution in [0.4, 0.5) is 27.6 Å². The van der Waals surface area contributed by atoms with Crippen molar-refractivity contribution in [2.24, 2.45) is 5.41 Å². The van der Waals surface area contributed by atoms with E-state index in [1.54, 1.807) is 11.4 Å². The zero-order chi connectivity index (χ0) is 15.1. The van der Waals surface area contributed by atoms with Gasteiger partial charge in [0, 0.05) is 0 Å². The van der Waals surface area contributed by atoms with Gasteiger partial charge in [-0.1, -0.05) is 0 Å². The van der Waals surface area contributed by atoms with E-state index in [0.29, 0.717) is 6.42 Å². The molecular weight excluding hydrogens is 283 g/mol. The van der Waals surface area contributed by atoms with E-state index in [9.17, 15) is 26.7 Å². The van der Waals surface area contributed by atoms with Crippen LogP contribution in [0.2, 0.25) is 0 Å². The number of rotatable bonds is 2. The number of nitrogens with one attached hydrogen (secondary N) is 1. The molecule has 1 aliphatic rings. The molecule has 1 amide bonds. The average molecular weight is 290 g/mol. The lowest BCUT2D eigenvalue weighted by atomic mass is 9.69. The van der Waals surface area contributed by atoms with Crippen molar-refractivity contribution in [3.63, 3.8) is 0 Å². The van der Waals surface area contributed by atoms with Crippen LogP contribution >= 0.6 is 0 Å². The number of halogens is 5. The second-order valence-electron chi connectivity index (χ2n) is 4.45. The van der Waals surface area contributed by atoms with Gasteiger partial charge in [0.05, 0.1) is 6.07 Å². The summed E-state index contributed by atoms with van der Waals surface area (Å²) in [6.07, 6.45) is 0.910. The van der Waals surface area contributed by atoms with Gasteiger partial charge in [0.2, 0.25) is 11.7 Å². The molecule has 1 fully saturated rings. The van der Waals surface area contributed by atoms with E-state index in [4.69, 9.17) is 5.26 Å². The van der Waals surface area contributed by atoms with E-state index < -0.39 is 46.1 Å². The predicted octanol–water partition coefficient (Wildman–Crippen LogP) is 3.01. The molecule has 3 nitrogen and oxygen atoms in total. The smallest absolute Gasteiger partial charge is 0.245 e. The van der Waals surface area contributed by atoms with Gasteiger partial charge in [0.1, 0.15) is 11.1 Å². The standard InChI is InChI=1S/C12H7F5N2O/c13-5-6(14)8(16)10(9(17)7(5)15)19-11(20)12(4-18)2-1-3-12/h1-3H2,(H,19,20). The molecule has 1 saturated carbocycles. The number of nitriles is 1. The van der Waals surface area contributed by atoms with Crippen LogP contribution in [0.3, 0.4) is 0 Å². The Bertz CT molecular complexity index is 605. The van der Waals surface area contributed by atoms with Gasteiger partial charge in [-0.2, -0.15) is 5.26 Å². The first kappa shape index (κ1) is 14.2. The summed E-state index contributed by atoms with van der Waals surface area (Å²) in [6.45, 7) is 0. The topological polar surface area (TPSA) is 52.9 Å². The molecule has 0 spiro atoms. The molecule has 0 heterocycles. The highest BCUT2D eigenvalue weighted by molar-refractivity contribution is 5.98. The van der Waals surface area contributed by atoms with Crippen molar-refractivity contribution in [3.8, 4) is 6.07 Å². The van der Waals surface area contributed by atoms with E-state index in [2.05, 4.69) is 0 Å². The van der Waals surface area contributed by atoms with Crippen LogP contribution < -0.4 is 5.32 Å². The molecule has 1 aromatic rings. The Morgan fingerprint density at radius 1 is 1.00 bits per heavy atom. The highest BCUT2D eigenvalue weighted by atomic mass is 19.2. The number of carbonyl (C=O) groups excluding carboxylic acids is 1. The number of amides is 1. The lowest BCUT2D eigenvalue weighted by Gasteiger charge is -2.33. The Balaban J connectivity index is 2.40. The van der Waals surface area contributed by atoms with Crippen molar-refractivity contribution in [2.45, 2.75) is 19.3 Å². The molecule has 0 bridgehead atoms. The molecule has 0 aromatic heterocycles. The summed E-state index contributed by atoms with van der Waals surface area (Å²) < 4.78 is 65.4. The Morgan fingerprint density at radius 2 is 1.45 bits per heavy atom. The van der Waals surface area contributed by atoms with Crippen molar-refractivity contribution in [1.29, 1.82) is 5.26 Å². The molecule has 2 rings (SSSR count). The second-order valence-corrected chi connectivity index (χ2v) is 4.45. The Labute approximate surface area is 110 Å². The van der Waals surface area contributed by atoms with Crippen LogP contribution in [0.15, 0.2) is 0 Å². The summed E-state index contributed by atoms with van der Waals surface area (Å²) >= 11 is 0. The van der Waals surface area contributed by atoms with Gasteiger partial charge in [-0.3, -0.25) is 4.79 Å². The summed E-state index contributed by atoms with van der Waals surface area (Å²) in [7, 11) is 0. The van der Waals surface area contributed by atoms with E-state index in [-0.39, 0.29) is 12.8 Å². The maximum atomic E-state index is 13.4. The van der Waals surface area contributed by atoms with Gasteiger partial charge in [-0.25, -0.2) is 22.0 Å². The monoisotopic (exact) mass is 290 g/mol. The second kappa shape index (κ2) is 4.74. The molecule has 0 aliphatic heterocycles. The van der Waals surface area contributed by atoms with E-state index in [1.807, 2.05) is 0 Å². The first-order valence-electron chi connectivity index (χ1n) is 5.58. The number of nitrogens with zero attached hydrogens (tertiary/aromatic N) is 1. The summed E-state index contributed by atoms with van der Waals surface area (Å²) in [6, 6.07) is 1.70. The molecule has 0 saturated heterocycles. The highest BCUT2D eigenvalue weighted by Gasteiger charge is 2.45. The third kappa shape index (κ3) is 1.90. The minimum atomic E-state index is -2.31. The van der Waals surface area contributed by atoms with Crippen molar-refractivity contribution in [3.05, 3.63) is 29.1 Å². The van der Waals surface area contributed by atoms with Crippen LogP contribution in [0.25, 0.3) is 0 Å². The number of carbonyl (C=O) groups is 1. The van der Waals surface area contributed by atoms with Crippen LogP contribution in [0, 0.1) is 45.8 Å². The molecule has 0 atom stereocenters. The number of anilines is 1. The van der Waals surface area contributed by atoms with Crippen molar-refractivity contribution in [1.82, 2.24) is 0 Å².